The van der Waals surface area contributed by atoms with Crippen molar-refractivity contribution in [3.63, 3.8) is 0 Å². The number of nitrogens with two attached hydrogens (primary N) is 1. The molecule has 2 fully saturated rings. The number of morpholine rings is 2. The van der Waals surface area contributed by atoms with Crippen molar-refractivity contribution in [3.8, 4) is 0 Å². The summed E-state index contributed by atoms with van der Waals surface area (Å²) in [6, 6.07) is 2.89. The molecular formula is C26H34ClN5O4. The van der Waals surface area contributed by atoms with Gasteiger partial charge >= 0.3 is 0 Å². The number of ether oxygens (including phenoxy) is 2. The number of H-pyrrole nitrogens is 1. The Hall–Kier alpha value is -2.85. The zero-order chi connectivity index (χ0) is 26.0. The molecule has 1 aromatic heterocycles. The highest BCUT2D eigenvalue weighted by atomic mass is 35.5. The maximum atomic E-state index is 13.6. The van der Waals surface area contributed by atoms with Crippen LogP contribution < -0.4 is 11.1 Å². The van der Waals surface area contributed by atoms with Crippen molar-refractivity contribution in [2.24, 2.45) is 5.73 Å². The lowest BCUT2D eigenvalue weighted by Gasteiger charge is -2.43. The first-order valence-corrected chi connectivity index (χ1v) is 12.4. The van der Waals surface area contributed by atoms with Crippen LogP contribution in [0.2, 0.25) is 5.02 Å². The average Bonchev–Trinajstić information content (AvgIpc) is 3.22. The van der Waals surface area contributed by atoms with Crippen molar-refractivity contribution in [2.45, 2.75) is 32.4 Å². The first kappa shape index (κ1) is 26.2. The van der Waals surface area contributed by atoms with Crippen LogP contribution in [0.1, 0.15) is 32.0 Å². The Morgan fingerprint density at radius 1 is 1.33 bits per heavy atom. The lowest BCUT2D eigenvalue weighted by Crippen LogP contribution is -2.60. The number of anilines is 1. The second kappa shape index (κ2) is 10.6. The third-order valence-electron chi connectivity index (χ3n) is 6.67. The van der Waals surface area contributed by atoms with E-state index in [0.29, 0.717) is 49.1 Å². The van der Waals surface area contributed by atoms with Gasteiger partial charge in [-0.3, -0.25) is 14.5 Å². The summed E-state index contributed by atoms with van der Waals surface area (Å²) in [5.41, 5.74) is 9.07. The SMILES string of the molecule is C=Cc1[nH]c2c(NC(=O)[C@@H]3COC(C)(C)CN3CC(=O)N3CCOCC3)cc(Cl)cc2c1/C(C)=C\N. The van der Waals surface area contributed by atoms with Crippen molar-refractivity contribution < 1.29 is 19.1 Å². The minimum absolute atomic E-state index is 0.0207. The number of rotatable bonds is 6. The molecule has 2 aliphatic rings. The van der Waals surface area contributed by atoms with Crippen LogP contribution in [0.4, 0.5) is 5.69 Å². The molecule has 4 rings (SSSR count). The number of amides is 2. The molecule has 3 heterocycles. The van der Waals surface area contributed by atoms with E-state index < -0.39 is 11.6 Å². The summed E-state index contributed by atoms with van der Waals surface area (Å²) in [6.07, 6.45) is 3.23. The number of carbonyl (C=O) groups excluding carboxylic acids is 2. The smallest absolute Gasteiger partial charge is 0.244 e. The second-order valence-corrected chi connectivity index (χ2v) is 10.3. The molecule has 10 heteroatoms. The third kappa shape index (κ3) is 5.44. The molecule has 2 aliphatic heterocycles. The largest absolute Gasteiger partial charge is 0.404 e. The molecule has 4 N–H and O–H groups in total. The zero-order valence-electron chi connectivity index (χ0n) is 21.0. The topological polar surface area (TPSA) is 113 Å². The Morgan fingerprint density at radius 3 is 2.72 bits per heavy atom. The molecular weight excluding hydrogens is 482 g/mol. The number of halogens is 1. The van der Waals surface area contributed by atoms with Gasteiger partial charge in [-0.2, -0.15) is 0 Å². The zero-order valence-corrected chi connectivity index (χ0v) is 21.8. The van der Waals surface area contributed by atoms with E-state index >= 15 is 0 Å². The van der Waals surface area contributed by atoms with Crippen LogP contribution in [0.5, 0.6) is 0 Å². The number of aromatic amines is 1. The summed E-state index contributed by atoms with van der Waals surface area (Å²) in [5.74, 6) is -0.293. The fraction of sp³-hybridized carbons (Fsp3) is 0.462. The quantitative estimate of drug-likeness (QED) is 0.545. The van der Waals surface area contributed by atoms with Gasteiger partial charge in [0.15, 0.2) is 0 Å². The molecule has 0 radical (unpaired) electrons. The maximum absolute atomic E-state index is 13.6. The monoisotopic (exact) mass is 515 g/mol. The van der Waals surface area contributed by atoms with Crippen LogP contribution in [0.3, 0.4) is 0 Å². The Bertz CT molecular complexity index is 1200. The molecule has 0 spiro atoms. The van der Waals surface area contributed by atoms with E-state index in [0.717, 1.165) is 22.2 Å². The van der Waals surface area contributed by atoms with Gasteiger partial charge in [0.25, 0.3) is 0 Å². The molecule has 2 saturated heterocycles. The first-order chi connectivity index (χ1) is 17.1. The van der Waals surface area contributed by atoms with E-state index in [1.54, 1.807) is 17.0 Å². The number of fused-ring (bicyclic) bond motifs is 1. The van der Waals surface area contributed by atoms with Gasteiger partial charge in [-0.05, 0) is 50.8 Å². The van der Waals surface area contributed by atoms with Crippen molar-refractivity contribution in [2.75, 3.05) is 51.3 Å². The number of allylic oxidation sites excluding steroid dienone is 1. The lowest BCUT2D eigenvalue weighted by molar-refractivity contribution is -0.152. The maximum Gasteiger partial charge on any atom is 0.244 e. The van der Waals surface area contributed by atoms with E-state index in [4.69, 9.17) is 26.8 Å². The summed E-state index contributed by atoms with van der Waals surface area (Å²) >= 11 is 6.45. The summed E-state index contributed by atoms with van der Waals surface area (Å²) in [7, 11) is 0. The summed E-state index contributed by atoms with van der Waals surface area (Å²) in [5, 5.41) is 4.32. The van der Waals surface area contributed by atoms with Crippen LogP contribution >= 0.6 is 11.6 Å². The van der Waals surface area contributed by atoms with Gasteiger partial charge in [0, 0.05) is 41.3 Å². The van der Waals surface area contributed by atoms with Crippen molar-refractivity contribution in [1.82, 2.24) is 14.8 Å². The number of hydrogen-bond acceptors (Lipinski definition) is 6. The number of nitrogens with one attached hydrogen (secondary N) is 2. The molecule has 1 aromatic carbocycles. The lowest BCUT2D eigenvalue weighted by atomic mass is 10.0. The minimum atomic E-state index is -0.643. The van der Waals surface area contributed by atoms with Gasteiger partial charge < -0.3 is 30.4 Å². The number of nitrogens with zero attached hydrogens (tertiary/aromatic N) is 2. The van der Waals surface area contributed by atoms with Crippen LogP contribution in [-0.4, -0.2) is 84.2 Å². The van der Waals surface area contributed by atoms with Crippen LogP contribution in [0.25, 0.3) is 22.6 Å². The normalized spacial score (nSPS) is 20.9. The summed E-state index contributed by atoms with van der Waals surface area (Å²) in [4.78, 5) is 33.6. The molecule has 0 aliphatic carbocycles. The van der Waals surface area contributed by atoms with Crippen molar-refractivity contribution >= 4 is 51.7 Å². The third-order valence-corrected chi connectivity index (χ3v) is 6.89. The molecule has 0 bridgehead atoms. The highest BCUT2D eigenvalue weighted by Gasteiger charge is 2.39. The van der Waals surface area contributed by atoms with E-state index in [9.17, 15) is 9.59 Å². The summed E-state index contributed by atoms with van der Waals surface area (Å²) in [6.45, 7) is 12.6. The average molecular weight is 516 g/mol. The molecule has 1 atom stereocenters. The minimum Gasteiger partial charge on any atom is -0.404 e. The highest BCUT2D eigenvalue weighted by molar-refractivity contribution is 6.32. The molecule has 36 heavy (non-hydrogen) atoms. The van der Waals surface area contributed by atoms with E-state index in [1.807, 2.05) is 31.7 Å². The second-order valence-electron chi connectivity index (χ2n) is 9.82. The van der Waals surface area contributed by atoms with Crippen LogP contribution in [0.15, 0.2) is 24.9 Å². The fourth-order valence-electron chi connectivity index (χ4n) is 4.81. The van der Waals surface area contributed by atoms with Crippen molar-refractivity contribution in [1.29, 1.82) is 0 Å². The molecule has 0 saturated carbocycles. The van der Waals surface area contributed by atoms with E-state index in [-0.39, 0.29) is 25.0 Å². The molecule has 2 amide bonds. The number of hydrogen-bond donors (Lipinski definition) is 3. The molecule has 2 aromatic rings. The van der Waals surface area contributed by atoms with Gasteiger partial charge in [-0.1, -0.05) is 18.2 Å². The first-order valence-electron chi connectivity index (χ1n) is 12.0. The number of carbonyl (C=O) groups is 2. The molecule has 194 valence electrons. The number of benzene rings is 1. The van der Waals surface area contributed by atoms with Gasteiger partial charge in [0.2, 0.25) is 11.8 Å². The van der Waals surface area contributed by atoms with Gasteiger partial charge in [0.05, 0.1) is 43.2 Å². The Morgan fingerprint density at radius 2 is 2.06 bits per heavy atom. The van der Waals surface area contributed by atoms with Crippen molar-refractivity contribution in [3.05, 3.63) is 41.2 Å². The van der Waals surface area contributed by atoms with Gasteiger partial charge in [-0.15, -0.1) is 0 Å². The number of aromatic nitrogens is 1. The van der Waals surface area contributed by atoms with Crippen LogP contribution in [0, 0.1) is 0 Å². The molecule has 0 unspecified atom stereocenters. The Labute approximate surface area is 216 Å². The van der Waals surface area contributed by atoms with E-state index in [1.165, 1.54) is 6.20 Å². The van der Waals surface area contributed by atoms with E-state index in [2.05, 4.69) is 16.9 Å². The summed E-state index contributed by atoms with van der Waals surface area (Å²) < 4.78 is 11.3. The predicted octanol–water partition coefficient (Wildman–Crippen LogP) is 3.06. The Balaban J connectivity index is 1.61. The fourth-order valence-corrected chi connectivity index (χ4v) is 5.02. The van der Waals surface area contributed by atoms with Gasteiger partial charge in [0.1, 0.15) is 6.04 Å². The van der Waals surface area contributed by atoms with Crippen LogP contribution in [-0.2, 0) is 19.1 Å². The standard InChI is InChI=1S/C26H34ClN5O4/c1-5-19-23(16(2)12-28)18-10-17(27)11-20(24(18)29-19)30-25(34)21-14-36-26(3,4)15-32(21)13-22(33)31-6-8-35-9-7-31/h5,10-12,21,29H,1,6-9,13-15,28H2,2-4H3,(H,30,34)/b16-12-/t21-/m0/s1. The predicted molar refractivity (Wildman–Crippen MR) is 143 cm³/mol. The Kier molecular flexibility index (Phi) is 7.75. The molecule has 9 nitrogen and oxygen atoms in total. The highest BCUT2D eigenvalue weighted by Crippen LogP contribution is 2.36. The van der Waals surface area contributed by atoms with Gasteiger partial charge in [-0.25, -0.2) is 0 Å².